The number of benzene rings is 2. The molecular formula is C26H33BrN2O4. The van der Waals surface area contributed by atoms with Crippen molar-refractivity contribution < 1.29 is 19.1 Å². The van der Waals surface area contributed by atoms with Crippen LogP contribution in [0.2, 0.25) is 0 Å². The summed E-state index contributed by atoms with van der Waals surface area (Å²) in [5.41, 5.74) is 3.12. The number of ether oxygens (including phenoxy) is 2. The average molecular weight is 517 g/mol. The number of anilines is 1. The summed E-state index contributed by atoms with van der Waals surface area (Å²) in [7, 11) is 0. The Hall–Kier alpha value is -2.38. The molecule has 0 unspecified atom stereocenters. The van der Waals surface area contributed by atoms with Crippen molar-refractivity contribution in [2.45, 2.75) is 52.4 Å². The fourth-order valence-electron chi connectivity index (χ4n) is 3.44. The maximum absolute atomic E-state index is 13.3. The lowest BCUT2D eigenvalue weighted by atomic mass is 9.80. The van der Waals surface area contributed by atoms with Gasteiger partial charge in [-0.2, -0.15) is 0 Å². The summed E-state index contributed by atoms with van der Waals surface area (Å²) in [6.07, 6.45) is -0.487. The maximum atomic E-state index is 13.3. The number of halogens is 1. The van der Waals surface area contributed by atoms with Crippen LogP contribution < -0.4 is 10.1 Å². The molecule has 7 heteroatoms. The van der Waals surface area contributed by atoms with Crippen LogP contribution in [0.15, 0.2) is 40.9 Å². The topological polar surface area (TPSA) is 67.9 Å². The number of hydrogen-bond donors (Lipinski definition) is 1. The summed E-state index contributed by atoms with van der Waals surface area (Å²) in [6, 6.07) is 11.2. The van der Waals surface area contributed by atoms with Gasteiger partial charge in [0, 0.05) is 23.2 Å². The largest absolute Gasteiger partial charge is 0.415 e. The van der Waals surface area contributed by atoms with Gasteiger partial charge in [0.2, 0.25) is 0 Å². The zero-order valence-electron chi connectivity index (χ0n) is 20.3. The average Bonchev–Trinajstić information content (AvgIpc) is 2.74. The number of nitrogens with zero attached hydrogens (tertiary/aromatic N) is 1. The lowest BCUT2D eigenvalue weighted by Crippen LogP contribution is -2.42. The van der Waals surface area contributed by atoms with Crippen molar-refractivity contribution in [3.05, 3.63) is 57.6 Å². The summed E-state index contributed by atoms with van der Waals surface area (Å²) < 4.78 is 11.6. The highest BCUT2D eigenvalue weighted by Crippen LogP contribution is 2.33. The predicted molar refractivity (Wildman–Crippen MR) is 134 cm³/mol. The molecule has 3 rings (SSSR count). The van der Waals surface area contributed by atoms with E-state index >= 15 is 0 Å². The van der Waals surface area contributed by atoms with Crippen molar-refractivity contribution in [1.82, 2.24) is 4.90 Å². The minimum atomic E-state index is -0.487. The van der Waals surface area contributed by atoms with Crippen molar-refractivity contribution in [1.29, 1.82) is 0 Å². The van der Waals surface area contributed by atoms with Gasteiger partial charge in [-0.1, -0.05) is 63.5 Å². The molecular weight excluding hydrogens is 484 g/mol. The molecule has 0 radical (unpaired) electrons. The van der Waals surface area contributed by atoms with Gasteiger partial charge in [0.25, 0.3) is 5.91 Å². The van der Waals surface area contributed by atoms with Gasteiger partial charge in [-0.25, -0.2) is 4.79 Å². The van der Waals surface area contributed by atoms with E-state index < -0.39 is 6.09 Å². The number of amides is 2. The molecule has 33 heavy (non-hydrogen) atoms. The van der Waals surface area contributed by atoms with Crippen LogP contribution in [0, 0.1) is 0 Å². The summed E-state index contributed by atoms with van der Waals surface area (Å²) in [4.78, 5) is 27.5. The van der Waals surface area contributed by atoms with Crippen molar-refractivity contribution in [2.75, 3.05) is 31.6 Å². The van der Waals surface area contributed by atoms with E-state index in [1.165, 1.54) is 0 Å². The highest BCUT2D eigenvalue weighted by Gasteiger charge is 2.24. The van der Waals surface area contributed by atoms with Crippen LogP contribution in [0.25, 0.3) is 0 Å². The third-order valence-electron chi connectivity index (χ3n) is 5.58. The van der Waals surface area contributed by atoms with E-state index in [2.05, 4.69) is 68.9 Å². The fraction of sp³-hybridized carbons (Fsp3) is 0.462. The lowest BCUT2D eigenvalue weighted by molar-refractivity contribution is 0.0415. The molecule has 2 aromatic rings. The number of carbonyl (C=O) groups excluding carboxylic acids is 2. The van der Waals surface area contributed by atoms with Gasteiger partial charge < -0.3 is 19.7 Å². The van der Waals surface area contributed by atoms with E-state index in [0.717, 1.165) is 15.6 Å². The van der Waals surface area contributed by atoms with E-state index in [0.29, 0.717) is 32.0 Å². The smallest absolute Gasteiger partial charge is 0.409 e. The molecule has 0 saturated carbocycles. The molecule has 1 heterocycles. The van der Waals surface area contributed by atoms with Crippen molar-refractivity contribution >= 4 is 33.6 Å². The van der Waals surface area contributed by atoms with Crippen molar-refractivity contribution in [2.24, 2.45) is 0 Å². The lowest BCUT2D eigenvalue weighted by Gasteiger charge is -2.27. The van der Waals surface area contributed by atoms with Gasteiger partial charge in [0.1, 0.15) is 5.75 Å². The first-order valence-electron chi connectivity index (χ1n) is 11.2. The van der Waals surface area contributed by atoms with E-state index in [1.807, 2.05) is 12.1 Å². The minimum absolute atomic E-state index is 0.0740. The Balaban J connectivity index is 1.90. The Morgan fingerprint density at radius 1 is 0.939 bits per heavy atom. The first-order valence-corrected chi connectivity index (χ1v) is 12.0. The van der Waals surface area contributed by atoms with Crippen molar-refractivity contribution in [3.8, 4) is 5.75 Å². The number of rotatable bonds is 3. The van der Waals surface area contributed by atoms with E-state index in [-0.39, 0.29) is 28.1 Å². The molecule has 178 valence electrons. The molecule has 0 bridgehead atoms. The van der Waals surface area contributed by atoms with Crippen LogP contribution in [0.1, 0.15) is 63.0 Å². The van der Waals surface area contributed by atoms with Gasteiger partial charge in [-0.05, 0) is 52.3 Å². The van der Waals surface area contributed by atoms with Gasteiger partial charge in [0.05, 0.1) is 18.8 Å². The highest BCUT2D eigenvalue weighted by atomic mass is 79.9. The molecule has 0 aromatic heterocycles. The van der Waals surface area contributed by atoms with Gasteiger partial charge >= 0.3 is 6.09 Å². The molecule has 1 N–H and O–H groups in total. The molecule has 2 aromatic carbocycles. The molecule has 1 saturated heterocycles. The van der Waals surface area contributed by atoms with Crippen LogP contribution >= 0.6 is 15.9 Å². The van der Waals surface area contributed by atoms with E-state index in [1.54, 1.807) is 23.1 Å². The molecule has 1 aliphatic rings. The second-order valence-electron chi connectivity index (χ2n) is 10.4. The zero-order chi connectivity index (χ0) is 24.4. The van der Waals surface area contributed by atoms with Crippen molar-refractivity contribution in [3.63, 3.8) is 0 Å². The van der Waals surface area contributed by atoms with E-state index in [9.17, 15) is 9.59 Å². The van der Waals surface area contributed by atoms with Crippen LogP contribution in [-0.2, 0) is 15.6 Å². The van der Waals surface area contributed by atoms with Gasteiger partial charge in [-0.3, -0.25) is 4.79 Å². The quantitative estimate of drug-likeness (QED) is 0.532. The molecule has 0 aliphatic carbocycles. The second-order valence-corrected chi connectivity index (χ2v) is 11.3. The Kier molecular flexibility index (Phi) is 7.54. The normalized spacial score (nSPS) is 14.7. The maximum Gasteiger partial charge on any atom is 0.415 e. The summed E-state index contributed by atoms with van der Waals surface area (Å²) in [5, 5.41) is 3.02. The van der Waals surface area contributed by atoms with Gasteiger partial charge in [0.15, 0.2) is 0 Å². The third kappa shape index (κ3) is 6.58. The number of carbonyl (C=O) groups is 2. The number of nitrogens with one attached hydrogen (secondary N) is 1. The zero-order valence-corrected chi connectivity index (χ0v) is 21.8. The third-order valence-corrected chi connectivity index (χ3v) is 6.07. The van der Waals surface area contributed by atoms with Crippen LogP contribution in [0.5, 0.6) is 5.75 Å². The highest BCUT2D eigenvalue weighted by molar-refractivity contribution is 9.10. The molecule has 0 spiro atoms. The molecule has 6 nitrogen and oxygen atoms in total. The minimum Gasteiger partial charge on any atom is -0.409 e. The first-order chi connectivity index (χ1) is 15.3. The summed E-state index contributed by atoms with van der Waals surface area (Å²) in [5.74, 6) is -0.123. The predicted octanol–water partition coefficient (Wildman–Crippen LogP) is 6.13. The van der Waals surface area contributed by atoms with Crippen LogP contribution in [0.4, 0.5) is 10.5 Å². The molecule has 1 fully saturated rings. The monoisotopic (exact) mass is 516 g/mol. The SMILES string of the molecule is CC(C)(C)c1cc(NC(=O)c2cc(Br)ccc2OC(=O)N2CCOCC2)cc(C(C)(C)C)c1. The second kappa shape index (κ2) is 9.85. The Morgan fingerprint density at radius 3 is 2.06 bits per heavy atom. The summed E-state index contributed by atoms with van der Waals surface area (Å²) >= 11 is 3.42. The molecule has 1 aliphatic heterocycles. The Bertz CT molecular complexity index is 999. The molecule has 2 amide bonds. The summed E-state index contributed by atoms with van der Waals surface area (Å²) in [6.45, 7) is 14.8. The molecule has 0 atom stereocenters. The number of hydrogen-bond acceptors (Lipinski definition) is 4. The number of morpholine rings is 1. The standard InChI is InChI=1S/C26H33BrN2O4/c1-25(2,3)17-13-18(26(4,5)6)15-20(14-17)28-23(30)21-16-19(27)7-8-22(21)33-24(31)29-9-11-32-12-10-29/h7-8,13-16H,9-12H2,1-6H3,(H,28,30). The van der Waals surface area contributed by atoms with Crippen LogP contribution in [-0.4, -0.2) is 43.2 Å². The Morgan fingerprint density at radius 2 is 1.52 bits per heavy atom. The van der Waals surface area contributed by atoms with E-state index in [4.69, 9.17) is 9.47 Å². The van der Waals surface area contributed by atoms with Crippen LogP contribution in [0.3, 0.4) is 0 Å². The van der Waals surface area contributed by atoms with Gasteiger partial charge in [-0.15, -0.1) is 0 Å². The first kappa shape index (κ1) is 25.2. The Labute approximate surface area is 204 Å². The fourth-order valence-corrected chi connectivity index (χ4v) is 3.80.